The topological polar surface area (TPSA) is 56.9 Å². The Morgan fingerprint density at radius 1 is 1.57 bits per heavy atom. The molecule has 1 atom stereocenters. The summed E-state index contributed by atoms with van der Waals surface area (Å²) in [7, 11) is 0. The lowest BCUT2D eigenvalue weighted by Crippen LogP contribution is -2.00. The van der Waals surface area contributed by atoms with E-state index in [0.717, 1.165) is 6.07 Å². The molecule has 6 heteroatoms. The van der Waals surface area contributed by atoms with Crippen molar-refractivity contribution in [1.29, 1.82) is 5.26 Å². The molecule has 1 N–H and O–H groups in total. The van der Waals surface area contributed by atoms with Crippen molar-refractivity contribution in [3.63, 3.8) is 0 Å². The van der Waals surface area contributed by atoms with E-state index >= 15 is 0 Å². The third-order valence-electron chi connectivity index (χ3n) is 1.56. The molecule has 1 aromatic heterocycles. The highest BCUT2D eigenvalue weighted by atomic mass is 35.5. The Morgan fingerprint density at radius 2 is 2.21 bits per heavy atom. The van der Waals surface area contributed by atoms with Gasteiger partial charge in [0.1, 0.15) is 5.15 Å². The molecule has 1 aromatic rings. The van der Waals surface area contributed by atoms with Gasteiger partial charge in [-0.15, -0.1) is 0 Å². The number of rotatable bonds is 2. The normalized spacial score (nSPS) is 12.2. The van der Waals surface area contributed by atoms with Crippen molar-refractivity contribution in [3.8, 4) is 6.07 Å². The van der Waals surface area contributed by atoms with Crippen molar-refractivity contribution in [1.82, 2.24) is 4.98 Å². The lowest BCUT2D eigenvalue weighted by molar-refractivity contribution is 0.182. The molecule has 0 aliphatic carbocycles. The van der Waals surface area contributed by atoms with E-state index in [9.17, 15) is 9.50 Å². The second kappa shape index (κ2) is 4.56. The second-order valence-corrected chi connectivity index (χ2v) is 3.24. The minimum absolute atomic E-state index is 0.0649. The number of nitriles is 1. The SMILES string of the molecule is N#CCC(O)c1cc(F)c(Cl)nc1Cl. The molecule has 0 saturated heterocycles. The molecule has 1 unspecified atom stereocenters. The molecule has 0 fully saturated rings. The molecule has 0 aromatic carbocycles. The van der Waals surface area contributed by atoms with E-state index in [4.69, 9.17) is 28.5 Å². The van der Waals surface area contributed by atoms with Crippen molar-refractivity contribution in [2.45, 2.75) is 12.5 Å². The van der Waals surface area contributed by atoms with Gasteiger partial charge in [0.2, 0.25) is 0 Å². The minimum Gasteiger partial charge on any atom is -0.387 e. The van der Waals surface area contributed by atoms with Gasteiger partial charge in [0, 0.05) is 5.56 Å². The fraction of sp³-hybridized carbons (Fsp3) is 0.250. The number of aliphatic hydroxyl groups excluding tert-OH is 1. The van der Waals surface area contributed by atoms with Crippen LogP contribution in [0.15, 0.2) is 6.07 Å². The van der Waals surface area contributed by atoms with Crippen LogP contribution < -0.4 is 0 Å². The van der Waals surface area contributed by atoms with Gasteiger partial charge in [-0.25, -0.2) is 9.37 Å². The van der Waals surface area contributed by atoms with E-state index in [1.165, 1.54) is 0 Å². The number of hydrogen-bond acceptors (Lipinski definition) is 3. The molecule has 0 amide bonds. The van der Waals surface area contributed by atoms with Crippen LogP contribution in [0, 0.1) is 17.1 Å². The Bertz CT molecular complexity index is 392. The van der Waals surface area contributed by atoms with Crippen LogP contribution in [0.3, 0.4) is 0 Å². The predicted octanol–water partition coefficient (Wildman–Crippen LogP) is 2.47. The zero-order valence-corrected chi connectivity index (χ0v) is 8.35. The maximum atomic E-state index is 12.9. The van der Waals surface area contributed by atoms with Crippen LogP contribution in [-0.4, -0.2) is 10.1 Å². The molecule has 0 saturated carbocycles. The standard InChI is InChI=1S/C8H5Cl2FN2O/c9-7-4(6(14)1-2-12)3-5(11)8(10)13-7/h3,6,14H,1H2. The third-order valence-corrected chi connectivity index (χ3v) is 2.13. The van der Waals surface area contributed by atoms with Crippen LogP contribution in [0.4, 0.5) is 4.39 Å². The van der Waals surface area contributed by atoms with E-state index in [-0.39, 0.29) is 22.3 Å². The lowest BCUT2D eigenvalue weighted by atomic mass is 10.1. The molecule has 1 rings (SSSR count). The molecule has 0 aliphatic rings. The van der Waals surface area contributed by atoms with Crippen LogP contribution in [0.25, 0.3) is 0 Å². The Labute approximate surface area is 89.7 Å². The molecule has 1 heterocycles. The van der Waals surface area contributed by atoms with Crippen molar-refractivity contribution in [2.75, 3.05) is 0 Å². The summed E-state index contributed by atoms with van der Waals surface area (Å²) in [5.41, 5.74) is 0.0649. The molecule has 14 heavy (non-hydrogen) atoms. The van der Waals surface area contributed by atoms with Crippen LogP contribution in [0.5, 0.6) is 0 Å². The number of aromatic nitrogens is 1. The summed E-state index contributed by atoms with van der Waals surface area (Å²) >= 11 is 11.0. The van der Waals surface area contributed by atoms with Gasteiger partial charge in [0.05, 0.1) is 18.6 Å². The summed E-state index contributed by atoms with van der Waals surface area (Å²) in [6.07, 6.45) is -1.32. The molecule has 0 radical (unpaired) electrons. The summed E-state index contributed by atoms with van der Waals surface area (Å²) in [5, 5.41) is 17.2. The fourth-order valence-electron chi connectivity index (χ4n) is 0.890. The first-order valence-electron chi connectivity index (χ1n) is 3.62. The molecule has 74 valence electrons. The van der Waals surface area contributed by atoms with Gasteiger partial charge in [-0.1, -0.05) is 23.2 Å². The van der Waals surface area contributed by atoms with Crippen LogP contribution in [-0.2, 0) is 0 Å². The average molecular weight is 235 g/mol. The quantitative estimate of drug-likeness (QED) is 0.801. The number of nitrogens with zero attached hydrogens (tertiary/aromatic N) is 2. The Hall–Kier alpha value is -0.890. The van der Waals surface area contributed by atoms with Gasteiger partial charge in [0.25, 0.3) is 0 Å². The molecule has 0 spiro atoms. The molecular formula is C8H5Cl2FN2O. The highest BCUT2D eigenvalue weighted by Gasteiger charge is 2.15. The van der Waals surface area contributed by atoms with E-state index in [0.29, 0.717) is 0 Å². The van der Waals surface area contributed by atoms with Gasteiger partial charge in [-0.2, -0.15) is 5.26 Å². The first kappa shape index (κ1) is 11.2. The Morgan fingerprint density at radius 3 is 2.79 bits per heavy atom. The van der Waals surface area contributed by atoms with E-state index in [1.54, 1.807) is 6.07 Å². The maximum absolute atomic E-state index is 12.9. The van der Waals surface area contributed by atoms with Crippen LogP contribution >= 0.6 is 23.2 Å². The molecule has 3 nitrogen and oxygen atoms in total. The fourth-order valence-corrected chi connectivity index (χ4v) is 1.34. The van der Waals surface area contributed by atoms with E-state index in [1.807, 2.05) is 0 Å². The number of hydrogen-bond donors (Lipinski definition) is 1. The van der Waals surface area contributed by atoms with Crippen LogP contribution in [0.1, 0.15) is 18.1 Å². The van der Waals surface area contributed by atoms with Gasteiger partial charge in [-0.05, 0) is 6.07 Å². The van der Waals surface area contributed by atoms with E-state index < -0.39 is 11.9 Å². The van der Waals surface area contributed by atoms with Crippen molar-refractivity contribution >= 4 is 23.2 Å². The molecular weight excluding hydrogens is 230 g/mol. The zero-order valence-electron chi connectivity index (χ0n) is 6.84. The predicted molar refractivity (Wildman–Crippen MR) is 49.4 cm³/mol. The monoisotopic (exact) mass is 234 g/mol. The first-order chi connectivity index (χ1) is 6.56. The summed E-state index contributed by atoms with van der Waals surface area (Å²) < 4.78 is 12.9. The van der Waals surface area contributed by atoms with Crippen LogP contribution in [0.2, 0.25) is 10.3 Å². The number of pyridine rings is 1. The number of halogens is 3. The maximum Gasteiger partial charge on any atom is 0.166 e. The minimum atomic E-state index is -1.15. The van der Waals surface area contributed by atoms with Crippen molar-refractivity contribution in [3.05, 3.63) is 27.8 Å². The number of aliphatic hydroxyl groups is 1. The lowest BCUT2D eigenvalue weighted by Gasteiger charge is -2.08. The molecule has 0 aliphatic heterocycles. The van der Waals surface area contributed by atoms with Crippen molar-refractivity contribution in [2.24, 2.45) is 0 Å². The molecule has 0 bridgehead atoms. The van der Waals surface area contributed by atoms with E-state index in [2.05, 4.69) is 4.98 Å². The van der Waals surface area contributed by atoms with Crippen molar-refractivity contribution < 1.29 is 9.50 Å². The second-order valence-electron chi connectivity index (χ2n) is 2.52. The Kier molecular flexibility index (Phi) is 3.64. The van der Waals surface area contributed by atoms with Gasteiger partial charge >= 0.3 is 0 Å². The van der Waals surface area contributed by atoms with Gasteiger partial charge < -0.3 is 5.11 Å². The Balaban J connectivity index is 3.10. The average Bonchev–Trinajstić information content (AvgIpc) is 2.11. The highest BCUT2D eigenvalue weighted by Crippen LogP contribution is 2.26. The van der Waals surface area contributed by atoms with Gasteiger partial charge in [-0.3, -0.25) is 0 Å². The summed E-state index contributed by atoms with van der Waals surface area (Å²) in [4.78, 5) is 3.46. The summed E-state index contributed by atoms with van der Waals surface area (Å²) in [5.74, 6) is -0.775. The smallest absolute Gasteiger partial charge is 0.166 e. The summed E-state index contributed by atoms with van der Waals surface area (Å²) in [6, 6.07) is 2.71. The largest absolute Gasteiger partial charge is 0.387 e. The zero-order chi connectivity index (χ0) is 10.7. The van der Waals surface area contributed by atoms with Gasteiger partial charge in [0.15, 0.2) is 11.0 Å². The first-order valence-corrected chi connectivity index (χ1v) is 4.38. The summed E-state index contributed by atoms with van der Waals surface area (Å²) in [6.45, 7) is 0. The third kappa shape index (κ3) is 2.32. The highest BCUT2D eigenvalue weighted by molar-refractivity contribution is 6.32.